The number of aromatic amines is 1. The molecule has 0 atom stereocenters. The first-order valence-electron chi connectivity index (χ1n) is 9.34. The van der Waals surface area contributed by atoms with Gasteiger partial charge in [-0.15, -0.1) is 0 Å². The van der Waals surface area contributed by atoms with Crippen molar-refractivity contribution in [2.75, 3.05) is 5.32 Å². The molecule has 0 aliphatic carbocycles. The number of nitrogens with zero attached hydrogens (tertiary/aromatic N) is 1. The summed E-state index contributed by atoms with van der Waals surface area (Å²) in [6.07, 6.45) is 4.26. The number of anilines is 1. The van der Waals surface area contributed by atoms with Gasteiger partial charge in [-0.3, -0.25) is 14.7 Å². The molecule has 144 valence electrons. The number of benzene rings is 2. The fourth-order valence-electron chi connectivity index (χ4n) is 3.15. The first-order chi connectivity index (χ1) is 13.5. The fraction of sp³-hybridized carbons (Fsp3) is 0.227. The Morgan fingerprint density at radius 3 is 2.57 bits per heavy atom. The lowest BCUT2D eigenvalue weighted by atomic mass is 10.0. The average molecular weight is 376 g/mol. The number of nitrogens with two attached hydrogens (primary N) is 1. The molecule has 0 aliphatic heterocycles. The minimum Gasteiger partial charge on any atom is -0.364 e. The number of primary amides is 1. The first-order valence-corrected chi connectivity index (χ1v) is 9.34. The molecule has 6 nitrogen and oxygen atoms in total. The van der Waals surface area contributed by atoms with Crippen molar-refractivity contribution in [2.45, 2.75) is 32.6 Å². The summed E-state index contributed by atoms with van der Waals surface area (Å²) >= 11 is 0. The number of carbonyl (C=O) groups is 2. The van der Waals surface area contributed by atoms with Gasteiger partial charge in [0.2, 0.25) is 5.91 Å². The summed E-state index contributed by atoms with van der Waals surface area (Å²) in [5.41, 5.74) is 10.5. The lowest BCUT2D eigenvalue weighted by Crippen LogP contribution is -2.15. The van der Waals surface area contributed by atoms with E-state index in [1.54, 1.807) is 6.20 Å². The molecule has 0 radical (unpaired) electrons. The van der Waals surface area contributed by atoms with E-state index in [1.165, 1.54) is 5.56 Å². The zero-order chi connectivity index (χ0) is 19.9. The Bertz CT molecular complexity index is 978. The van der Waals surface area contributed by atoms with Gasteiger partial charge in [0.25, 0.3) is 5.91 Å². The summed E-state index contributed by atoms with van der Waals surface area (Å²) in [4.78, 5) is 23.7. The first kappa shape index (κ1) is 19.4. The molecular weight excluding hydrogens is 352 g/mol. The third kappa shape index (κ3) is 5.07. The molecule has 2 aromatic carbocycles. The molecule has 3 rings (SSSR count). The smallest absolute Gasteiger partial charge is 0.266 e. The molecule has 3 aromatic rings. The van der Waals surface area contributed by atoms with Crippen molar-refractivity contribution >= 4 is 17.5 Å². The number of aryl methyl sites for hydroxylation is 3. The number of amides is 2. The van der Waals surface area contributed by atoms with Crippen molar-refractivity contribution in [3.8, 4) is 0 Å². The van der Waals surface area contributed by atoms with Crippen LogP contribution in [-0.2, 0) is 30.5 Å². The number of hydrogen-bond acceptors (Lipinski definition) is 3. The van der Waals surface area contributed by atoms with E-state index in [-0.39, 0.29) is 5.91 Å². The molecule has 0 saturated heterocycles. The van der Waals surface area contributed by atoms with Crippen molar-refractivity contribution < 1.29 is 9.59 Å². The van der Waals surface area contributed by atoms with Crippen LogP contribution in [0.3, 0.4) is 0 Å². The van der Waals surface area contributed by atoms with E-state index in [9.17, 15) is 9.59 Å². The second-order valence-corrected chi connectivity index (χ2v) is 6.73. The Morgan fingerprint density at radius 2 is 1.79 bits per heavy atom. The van der Waals surface area contributed by atoms with Crippen LogP contribution in [0.2, 0.25) is 0 Å². The van der Waals surface area contributed by atoms with E-state index < -0.39 is 5.91 Å². The normalized spacial score (nSPS) is 10.6. The van der Waals surface area contributed by atoms with Crippen LogP contribution >= 0.6 is 0 Å². The quantitative estimate of drug-likeness (QED) is 0.563. The molecule has 0 bridgehead atoms. The molecular formula is C22H24N4O2. The summed E-state index contributed by atoms with van der Waals surface area (Å²) in [6.45, 7) is 2.10. The van der Waals surface area contributed by atoms with Gasteiger partial charge in [-0.1, -0.05) is 43.3 Å². The molecule has 0 aliphatic rings. The minimum atomic E-state index is -0.513. The average Bonchev–Trinajstić information content (AvgIpc) is 3.16. The van der Waals surface area contributed by atoms with Crippen LogP contribution in [0.15, 0.2) is 54.7 Å². The van der Waals surface area contributed by atoms with Gasteiger partial charge < -0.3 is 11.1 Å². The third-order valence-corrected chi connectivity index (χ3v) is 4.62. The van der Waals surface area contributed by atoms with Gasteiger partial charge in [-0.05, 0) is 48.1 Å². The van der Waals surface area contributed by atoms with Crippen LogP contribution in [0.1, 0.15) is 39.7 Å². The number of nitrogens with one attached hydrogen (secondary N) is 2. The predicted octanol–water partition coefficient (Wildman–Crippen LogP) is 3.04. The van der Waals surface area contributed by atoms with E-state index in [1.807, 2.05) is 36.4 Å². The van der Waals surface area contributed by atoms with Gasteiger partial charge in [-0.2, -0.15) is 5.10 Å². The fourth-order valence-corrected chi connectivity index (χ4v) is 3.15. The maximum Gasteiger partial charge on any atom is 0.266 e. The van der Waals surface area contributed by atoms with Crippen LogP contribution in [-0.4, -0.2) is 22.0 Å². The van der Waals surface area contributed by atoms with Crippen molar-refractivity contribution in [2.24, 2.45) is 5.73 Å². The second-order valence-electron chi connectivity index (χ2n) is 6.73. The van der Waals surface area contributed by atoms with Crippen molar-refractivity contribution in [3.05, 3.63) is 82.7 Å². The van der Waals surface area contributed by atoms with Crippen LogP contribution < -0.4 is 11.1 Å². The van der Waals surface area contributed by atoms with E-state index >= 15 is 0 Å². The van der Waals surface area contributed by atoms with E-state index in [0.717, 1.165) is 28.8 Å². The monoisotopic (exact) mass is 376 g/mol. The molecule has 28 heavy (non-hydrogen) atoms. The highest BCUT2D eigenvalue weighted by Gasteiger charge is 2.11. The highest BCUT2D eigenvalue weighted by Crippen LogP contribution is 2.15. The molecule has 0 spiro atoms. The molecule has 0 fully saturated rings. The molecule has 0 unspecified atom stereocenters. The topological polar surface area (TPSA) is 101 Å². The van der Waals surface area contributed by atoms with E-state index in [2.05, 4.69) is 34.6 Å². The van der Waals surface area contributed by atoms with Gasteiger partial charge in [0.15, 0.2) is 0 Å². The minimum absolute atomic E-state index is 0.0451. The van der Waals surface area contributed by atoms with Gasteiger partial charge in [-0.25, -0.2) is 0 Å². The van der Waals surface area contributed by atoms with E-state index in [4.69, 9.17) is 5.73 Å². The Labute approximate surface area is 164 Å². The predicted molar refractivity (Wildman–Crippen MR) is 109 cm³/mol. The Hall–Kier alpha value is -3.41. The number of aromatic nitrogens is 2. The lowest BCUT2D eigenvalue weighted by Gasteiger charge is -2.08. The summed E-state index contributed by atoms with van der Waals surface area (Å²) in [5, 5.41) is 9.47. The Kier molecular flexibility index (Phi) is 6.22. The summed E-state index contributed by atoms with van der Waals surface area (Å²) in [6, 6.07) is 15.8. The molecule has 0 saturated carbocycles. The standard InChI is InChI=1S/C22H24N4O2/c1-2-15-5-3-7-17(11-15)13-20(27)25-19-8-4-6-16(12-19)9-10-18-14-24-26-21(18)22(23)28/h3-8,11-12,14H,2,9-10,13H2,1H3,(H2,23,28)(H,24,26)(H,25,27). The van der Waals surface area contributed by atoms with Crippen molar-refractivity contribution in [1.29, 1.82) is 0 Å². The number of H-pyrrole nitrogens is 1. The highest BCUT2D eigenvalue weighted by molar-refractivity contribution is 5.92. The number of carbonyl (C=O) groups excluding carboxylic acids is 2. The summed E-state index contributed by atoms with van der Waals surface area (Å²) in [5.74, 6) is -0.558. The van der Waals surface area contributed by atoms with Crippen molar-refractivity contribution in [1.82, 2.24) is 10.2 Å². The molecule has 2 amide bonds. The molecule has 1 aromatic heterocycles. The lowest BCUT2D eigenvalue weighted by molar-refractivity contribution is -0.115. The van der Waals surface area contributed by atoms with Crippen molar-refractivity contribution in [3.63, 3.8) is 0 Å². The van der Waals surface area contributed by atoms with Gasteiger partial charge in [0.1, 0.15) is 5.69 Å². The summed E-state index contributed by atoms with van der Waals surface area (Å²) < 4.78 is 0. The SMILES string of the molecule is CCc1cccc(CC(=O)Nc2cccc(CCc3cn[nH]c3C(N)=O)c2)c1. The second kappa shape index (κ2) is 8.99. The maximum absolute atomic E-state index is 12.4. The van der Waals surface area contributed by atoms with Crippen LogP contribution in [0.5, 0.6) is 0 Å². The zero-order valence-electron chi connectivity index (χ0n) is 15.9. The molecule has 6 heteroatoms. The van der Waals surface area contributed by atoms with Crippen LogP contribution in [0, 0.1) is 0 Å². The Balaban J connectivity index is 1.60. The zero-order valence-corrected chi connectivity index (χ0v) is 15.9. The van der Waals surface area contributed by atoms with E-state index in [0.29, 0.717) is 25.0 Å². The number of rotatable bonds is 8. The number of hydrogen-bond donors (Lipinski definition) is 3. The maximum atomic E-state index is 12.4. The van der Waals surface area contributed by atoms with Crippen LogP contribution in [0.4, 0.5) is 5.69 Å². The summed E-state index contributed by atoms with van der Waals surface area (Å²) in [7, 11) is 0. The largest absolute Gasteiger partial charge is 0.364 e. The van der Waals surface area contributed by atoms with Crippen LogP contribution in [0.25, 0.3) is 0 Å². The third-order valence-electron chi connectivity index (χ3n) is 4.62. The van der Waals surface area contributed by atoms with Gasteiger partial charge >= 0.3 is 0 Å². The van der Waals surface area contributed by atoms with Gasteiger partial charge in [0, 0.05) is 11.3 Å². The van der Waals surface area contributed by atoms with Gasteiger partial charge in [0.05, 0.1) is 12.6 Å². The molecule has 4 N–H and O–H groups in total. The highest BCUT2D eigenvalue weighted by atomic mass is 16.2. The molecule has 1 heterocycles. The Morgan fingerprint density at radius 1 is 1.04 bits per heavy atom.